The van der Waals surface area contributed by atoms with Crippen molar-refractivity contribution in [3.63, 3.8) is 0 Å². The number of benzene rings is 1. The summed E-state index contributed by atoms with van der Waals surface area (Å²) >= 11 is 0. The molecule has 4 N–H and O–H groups in total. The van der Waals surface area contributed by atoms with Crippen LogP contribution in [0.3, 0.4) is 0 Å². The van der Waals surface area contributed by atoms with Crippen molar-refractivity contribution < 1.29 is 5.11 Å². The Morgan fingerprint density at radius 3 is 1.85 bits per heavy atom. The van der Waals surface area contributed by atoms with Crippen LogP contribution < -0.4 is 6.15 Å². The minimum absolute atomic E-state index is 0. The van der Waals surface area contributed by atoms with E-state index in [2.05, 4.69) is 6.58 Å². The van der Waals surface area contributed by atoms with Crippen LogP contribution in [-0.2, 0) is 0 Å². The van der Waals surface area contributed by atoms with Gasteiger partial charge in [-0.15, -0.1) is 6.58 Å². The van der Waals surface area contributed by atoms with Crippen LogP contribution in [0.1, 0.15) is 19.4 Å². The zero-order valence-electron chi connectivity index (χ0n) is 8.67. The van der Waals surface area contributed by atoms with Crippen LogP contribution in [0.15, 0.2) is 36.4 Å². The van der Waals surface area contributed by atoms with Gasteiger partial charge in [-0.2, -0.15) is 0 Å². The average Bonchev–Trinajstić information content (AvgIpc) is 1.94. The molecule has 0 saturated heterocycles. The van der Waals surface area contributed by atoms with Gasteiger partial charge >= 0.3 is 0 Å². The lowest BCUT2D eigenvalue weighted by Gasteiger charge is -1.92. The number of rotatable bonds is 0. The molecule has 0 aromatic heterocycles. The van der Waals surface area contributed by atoms with Gasteiger partial charge in [0.15, 0.2) is 0 Å². The monoisotopic (exact) mass is 181 g/mol. The summed E-state index contributed by atoms with van der Waals surface area (Å²) in [6, 6.07) is 7.25. The Hall–Kier alpha value is -1.28. The predicted molar refractivity (Wildman–Crippen MR) is 58.4 cm³/mol. The fraction of sp³-hybridized carbons (Fsp3) is 0.273. The summed E-state index contributed by atoms with van der Waals surface area (Å²) in [6.45, 7) is 9.37. The van der Waals surface area contributed by atoms with Gasteiger partial charge in [-0.1, -0.05) is 23.8 Å². The van der Waals surface area contributed by atoms with Gasteiger partial charge in [0.2, 0.25) is 0 Å². The third-order valence-electron chi connectivity index (χ3n) is 1.12. The Labute approximate surface area is 80.5 Å². The summed E-state index contributed by atoms with van der Waals surface area (Å²) in [5, 5.41) is 8.92. The highest BCUT2D eigenvalue weighted by atomic mass is 16.3. The van der Waals surface area contributed by atoms with Crippen LogP contribution in [0.5, 0.6) is 5.75 Å². The maximum Gasteiger partial charge on any atom is 0.118 e. The number of aryl methyl sites for hydroxylation is 1. The predicted octanol–water partition coefficient (Wildman–Crippen LogP) is 3.45. The molecule has 1 aromatic carbocycles. The zero-order chi connectivity index (χ0) is 9.56. The van der Waals surface area contributed by atoms with Gasteiger partial charge < -0.3 is 11.3 Å². The van der Waals surface area contributed by atoms with Crippen molar-refractivity contribution in [3.05, 3.63) is 42.0 Å². The lowest BCUT2D eigenvalue weighted by molar-refractivity contribution is 0.471. The van der Waals surface area contributed by atoms with Gasteiger partial charge in [0.25, 0.3) is 0 Å². The summed E-state index contributed by atoms with van der Waals surface area (Å²) in [7, 11) is 0. The number of aromatic hydroxyl groups is 1. The molecule has 0 spiro atoms. The first-order chi connectivity index (χ1) is 5.54. The first kappa shape index (κ1) is 14.3. The molecule has 0 unspecified atom stereocenters. The second kappa shape index (κ2) is 7.37. The van der Waals surface area contributed by atoms with Crippen molar-refractivity contribution in [3.8, 4) is 5.75 Å². The van der Waals surface area contributed by atoms with Gasteiger partial charge in [-0.3, -0.25) is 0 Å². The molecule has 0 saturated carbocycles. The van der Waals surface area contributed by atoms with E-state index in [-0.39, 0.29) is 6.15 Å². The van der Waals surface area contributed by atoms with Gasteiger partial charge in [0.05, 0.1) is 0 Å². The maximum atomic E-state index is 8.92. The quantitative estimate of drug-likeness (QED) is 0.602. The topological polar surface area (TPSA) is 55.2 Å². The van der Waals surface area contributed by atoms with Crippen LogP contribution in [-0.4, -0.2) is 5.11 Å². The van der Waals surface area contributed by atoms with E-state index in [1.165, 1.54) is 5.57 Å². The Kier molecular flexibility index (Phi) is 8.09. The molecular formula is C11H19NO. The fourth-order valence-electron chi connectivity index (χ4n) is 0.563. The van der Waals surface area contributed by atoms with Crippen molar-refractivity contribution in [2.75, 3.05) is 0 Å². The van der Waals surface area contributed by atoms with Crippen molar-refractivity contribution in [1.82, 2.24) is 6.15 Å². The molecule has 2 heteroatoms. The molecule has 0 aliphatic heterocycles. The Balaban J connectivity index is 0. The minimum atomic E-state index is 0. The minimum Gasteiger partial charge on any atom is -0.508 e. The number of phenolic OH excluding ortho intramolecular Hbond substituents is 1. The van der Waals surface area contributed by atoms with Crippen molar-refractivity contribution in [2.45, 2.75) is 20.8 Å². The molecule has 74 valence electrons. The number of phenols is 1. The standard InChI is InChI=1S/C7H8O.C4H8.H3N/c1-6-4-2-3-5-7(6)8;1-4(2)3;/h2-5,8H,1H3;1H2,2-3H3;1H3. The molecule has 0 amide bonds. The highest BCUT2D eigenvalue weighted by Crippen LogP contribution is 2.12. The second-order valence-corrected chi connectivity index (χ2v) is 2.99. The van der Waals surface area contributed by atoms with Gasteiger partial charge in [-0.05, 0) is 32.4 Å². The Bertz CT molecular complexity index is 231. The van der Waals surface area contributed by atoms with E-state index in [0.29, 0.717) is 5.75 Å². The second-order valence-electron chi connectivity index (χ2n) is 2.99. The smallest absolute Gasteiger partial charge is 0.118 e. The summed E-state index contributed by atoms with van der Waals surface area (Å²) < 4.78 is 0. The molecule has 0 atom stereocenters. The normalized spacial score (nSPS) is 7.62. The van der Waals surface area contributed by atoms with Gasteiger partial charge in [-0.25, -0.2) is 0 Å². The third kappa shape index (κ3) is 8.63. The molecule has 1 aromatic rings. The zero-order valence-corrected chi connectivity index (χ0v) is 8.67. The number of hydrogen-bond acceptors (Lipinski definition) is 2. The molecular weight excluding hydrogens is 162 g/mol. The molecule has 2 nitrogen and oxygen atoms in total. The first-order valence-electron chi connectivity index (χ1n) is 3.90. The SMILES string of the molecule is C=C(C)C.Cc1ccccc1O.N. The lowest BCUT2D eigenvalue weighted by Crippen LogP contribution is -1.68. The fourth-order valence-corrected chi connectivity index (χ4v) is 0.563. The molecule has 0 bridgehead atoms. The van der Waals surface area contributed by atoms with Crippen LogP contribution in [0.4, 0.5) is 0 Å². The average molecular weight is 181 g/mol. The molecule has 0 radical (unpaired) electrons. The number of para-hydroxylation sites is 1. The maximum absolute atomic E-state index is 8.92. The number of hydrogen-bond donors (Lipinski definition) is 2. The largest absolute Gasteiger partial charge is 0.508 e. The highest BCUT2D eigenvalue weighted by Gasteiger charge is 1.86. The molecule has 0 fully saturated rings. The van der Waals surface area contributed by atoms with Crippen LogP contribution in [0.2, 0.25) is 0 Å². The number of allylic oxidation sites excluding steroid dienone is 1. The molecule has 0 aliphatic carbocycles. The van der Waals surface area contributed by atoms with E-state index in [1.807, 2.05) is 39.0 Å². The summed E-state index contributed by atoms with van der Waals surface area (Å²) in [4.78, 5) is 0. The van der Waals surface area contributed by atoms with E-state index in [1.54, 1.807) is 6.07 Å². The third-order valence-corrected chi connectivity index (χ3v) is 1.12. The molecule has 1 rings (SSSR count). The highest BCUT2D eigenvalue weighted by molar-refractivity contribution is 5.29. The van der Waals surface area contributed by atoms with E-state index >= 15 is 0 Å². The van der Waals surface area contributed by atoms with Gasteiger partial charge in [0, 0.05) is 0 Å². The summed E-state index contributed by atoms with van der Waals surface area (Å²) in [5.74, 6) is 0.368. The van der Waals surface area contributed by atoms with Crippen LogP contribution >= 0.6 is 0 Å². The Morgan fingerprint density at radius 2 is 1.62 bits per heavy atom. The summed E-state index contributed by atoms with van der Waals surface area (Å²) in [5.41, 5.74) is 2.09. The first-order valence-corrected chi connectivity index (χ1v) is 3.90. The molecule has 13 heavy (non-hydrogen) atoms. The molecule has 0 heterocycles. The van der Waals surface area contributed by atoms with Crippen LogP contribution in [0.25, 0.3) is 0 Å². The van der Waals surface area contributed by atoms with E-state index in [0.717, 1.165) is 5.56 Å². The van der Waals surface area contributed by atoms with E-state index < -0.39 is 0 Å². The molecule has 0 aliphatic rings. The van der Waals surface area contributed by atoms with Gasteiger partial charge in [0.1, 0.15) is 5.75 Å². The van der Waals surface area contributed by atoms with Crippen molar-refractivity contribution >= 4 is 0 Å². The Morgan fingerprint density at radius 1 is 1.23 bits per heavy atom. The lowest BCUT2D eigenvalue weighted by atomic mass is 10.2. The summed E-state index contributed by atoms with van der Waals surface area (Å²) in [6.07, 6.45) is 0. The van der Waals surface area contributed by atoms with Crippen LogP contribution in [0, 0.1) is 6.92 Å². The van der Waals surface area contributed by atoms with E-state index in [4.69, 9.17) is 5.11 Å². The van der Waals surface area contributed by atoms with E-state index in [9.17, 15) is 0 Å². The van der Waals surface area contributed by atoms with Crippen molar-refractivity contribution in [1.29, 1.82) is 0 Å². The van der Waals surface area contributed by atoms with Crippen molar-refractivity contribution in [2.24, 2.45) is 0 Å².